The highest BCUT2D eigenvalue weighted by Crippen LogP contribution is 2.30. The number of hydrogen-bond acceptors (Lipinski definition) is 2. The van der Waals surface area contributed by atoms with Crippen LogP contribution < -0.4 is 0 Å². The van der Waals surface area contributed by atoms with E-state index in [4.69, 9.17) is 0 Å². The van der Waals surface area contributed by atoms with Gasteiger partial charge < -0.3 is 4.90 Å². The van der Waals surface area contributed by atoms with E-state index in [0.717, 1.165) is 51.7 Å². The highest BCUT2D eigenvalue weighted by Gasteiger charge is 2.32. The van der Waals surface area contributed by atoms with E-state index in [9.17, 15) is 9.18 Å². The number of carbonyl (C=O) groups is 1. The highest BCUT2D eigenvalue weighted by atomic mass is 19.1. The molecule has 0 radical (unpaired) electrons. The summed E-state index contributed by atoms with van der Waals surface area (Å²) in [5.41, 5.74) is 1.19. The third-order valence-corrected chi connectivity index (χ3v) is 5.13. The van der Waals surface area contributed by atoms with Gasteiger partial charge in [0.05, 0.1) is 0 Å². The first-order chi connectivity index (χ1) is 10.7. The molecular formula is C18H25FN2O. The van der Waals surface area contributed by atoms with Crippen LogP contribution >= 0.6 is 0 Å². The maximum Gasteiger partial charge on any atom is 0.222 e. The van der Waals surface area contributed by atoms with E-state index >= 15 is 0 Å². The summed E-state index contributed by atoms with van der Waals surface area (Å²) < 4.78 is 13.1. The van der Waals surface area contributed by atoms with Gasteiger partial charge in [-0.15, -0.1) is 0 Å². The summed E-state index contributed by atoms with van der Waals surface area (Å²) in [6.45, 7) is 5.16. The van der Waals surface area contributed by atoms with Crippen molar-refractivity contribution in [1.82, 2.24) is 9.80 Å². The number of halogens is 1. The summed E-state index contributed by atoms with van der Waals surface area (Å²) in [5.74, 6) is 0.161. The molecule has 3 rings (SSSR count). The maximum atomic E-state index is 13.1. The minimum absolute atomic E-state index is 0.176. The van der Waals surface area contributed by atoms with Crippen molar-refractivity contribution in [2.45, 2.75) is 51.1 Å². The second-order valence-electron chi connectivity index (χ2n) is 6.43. The summed E-state index contributed by atoms with van der Waals surface area (Å²) in [7, 11) is 0. The van der Waals surface area contributed by atoms with Gasteiger partial charge >= 0.3 is 0 Å². The lowest BCUT2D eigenvalue weighted by atomic mass is 9.97. The topological polar surface area (TPSA) is 23.6 Å². The lowest BCUT2D eigenvalue weighted by Crippen LogP contribution is -2.46. The van der Waals surface area contributed by atoms with Crippen LogP contribution in [0.2, 0.25) is 0 Å². The highest BCUT2D eigenvalue weighted by molar-refractivity contribution is 5.78. The molecule has 2 heterocycles. The fourth-order valence-corrected chi connectivity index (χ4v) is 3.95. The van der Waals surface area contributed by atoms with Crippen LogP contribution in [0.25, 0.3) is 0 Å². The average molecular weight is 304 g/mol. The second-order valence-corrected chi connectivity index (χ2v) is 6.43. The van der Waals surface area contributed by atoms with Crippen molar-refractivity contribution in [2.75, 3.05) is 19.6 Å². The fraction of sp³-hybridized carbons (Fsp3) is 0.611. The molecule has 2 aliphatic rings. The zero-order valence-electron chi connectivity index (χ0n) is 13.3. The molecule has 22 heavy (non-hydrogen) atoms. The number of likely N-dealkylation sites (tertiary alicyclic amines) is 2. The van der Waals surface area contributed by atoms with E-state index in [1.165, 1.54) is 5.56 Å². The first-order valence-electron chi connectivity index (χ1n) is 8.48. The van der Waals surface area contributed by atoms with Gasteiger partial charge in [0, 0.05) is 38.1 Å². The van der Waals surface area contributed by atoms with Crippen molar-refractivity contribution in [1.29, 1.82) is 0 Å². The molecule has 0 spiro atoms. The van der Waals surface area contributed by atoms with Crippen LogP contribution in [0.5, 0.6) is 0 Å². The Labute approximate surface area is 132 Å². The molecule has 1 amide bonds. The molecule has 0 bridgehead atoms. The average Bonchev–Trinajstić information content (AvgIpc) is 2.97. The van der Waals surface area contributed by atoms with Gasteiger partial charge in [-0.1, -0.05) is 19.1 Å². The second kappa shape index (κ2) is 6.78. The van der Waals surface area contributed by atoms with Crippen molar-refractivity contribution in [3.63, 3.8) is 0 Å². The summed E-state index contributed by atoms with van der Waals surface area (Å²) in [5, 5.41) is 0. The fourth-order valence-electron chi connectivity index (χ4n) is 3.95. The summed E-state index contributed by atoms with van der Waals surface area (Å²) in [4.78, 5) is 16.5. The Bertz CT molecular complexity index is 508. The standard InChI is InChI=1S/C18H25FN2O/c1-2-17(14-5-7-15(19)8-6-14)20-12-9-16(10-13-20)21-11-3-4-18(21)22/h5-8,16-17H,2-4,9-13H2,1H3. The Morgan fingerprint density at radius 2 is 1.86 bits per heavy atom. The normalized spacial score (nSPS) is 22.3. The predicted molar refractivity (Wildman–Crippen MR) is 85.0 cm³/mol. The zero-order chi connectivity index (χ0) is 15.5. The number of amides is 1. The molecule has 1 aromatic rings. The molecule has 0 saturated carbocycles. The molecule has 120 valence electrons. The number of benzene rings is 1. The van der Waals surface area contributed by atoms with E-state index in [1.807, 2.05) is 12.1 Å². The van der Waals surface area contributed by atoms with E-state index in [1.54, 1.807) is 12.1 Å². The van der Waals surface area contributed by atoms with E-state index < -0.39 is 0 Å². The van der Waals surface area contributed by atoms with Crippen LogP contribution in [0.15, 0.2) is 24.3 Å². The lowest BCUT2D eigenvalue weighted by molar-refractivity contribution is -0.130. The first-order valence-corrected chi connectivity index (χ1v) is 8.48. The van der Waals surface area contributed by atoms with Crippen LogP contribution in [0.1, 0.15) is 50.6 Å². The minimum atomic E-state index is -0.176. The third kappa shape index (κ3) is 3.17. The van der Waals surface area contributed by atoms with Crippen LogP contribution in [-0.2, 0) is 4.79 Å². The molecule has 0 N–H and O–H groups in total. The molecule has 1 aromatic carbocycles. The van der Waals surface area contributed by atoms with Crippen molar-refractivity contribution in [2.24, 2.45) is 0 Å². The summed E-state index contributed by atoms with van der Waals surface area (Å²) >= 11 is 0. The van der Waals surface area contributed by atoms with Gasteiger partial charge in [-0.05, 0) is 43.4 Å². The van der Waals surface area contributed by atoms with Crippen LogP contribution in [0.3, 0.4) is 0 Å². The van der Waals surface area contributed by atoms with Gasteiger partial charge in [0.2, 0.25) is 5.91 Å². The Balaban J connectivity index is 1.61. The summed E-state index contributed by atoms with van der Waals surface area (Å²) in [6, 6.07) is 7.69. The molecule has 3 nitrogen and oxygen atoms in total. The zero-order valence-corrected chi connectivity index (χ0v) is 13.3. The van der Waals surface area contributed by atoms with Crippen LogP contribution in [0, 0.1) is 5.82 Å². The van der Waals surface area contributed by atoms with Crippen LogP contribution in [0.4, 0.5) is 4.39 Å². The third-order valence-electron chi connectivity index (χ3n) is 5.13. The first kappa shape index (κ1) is 15.5. The Morgan fingerprint density at radius 1 is 1.18 bits per heavy atom. The molecule has 2 saturated heterocycles. The number of piperidine rings is 1. The van der Waals surface area contributed by atoms with Gasteiger partial charge in [0.25, 0.3) is 0 Å². The predicted octanol–water partition coefficient (Wildman–Crippen LogP) is 3.36. The number of rotatable bonds is 4. The van der Waals surface area contributed by atoms with Crippen molar-refractivity contribution in [3.8, 4) is 0 Å². The quantitative estimate of drug-likeness (QED) is 0.851. The molecular weight excluding hydrogens is 279 g/mol. The SMILES string of the molecule is CCC(c1ccc(F)cc1)N1CCC(N2CCCC2=O)CC1. The van der Waals surface area contributed by atoms with Crippen molar-refractivity contribution in [3.05, 3.63) is 35.6 Å². The Kier molecular flexibility index (Phi) is 4.77. The number of carbonyl (C=O) groups excluding carboxylic acids is 1. The van der Waals surface area contributed by atoms with Crippen molar-refractivity contribution >= 4 is 5.91 Å². The van der Waals surface area contributed by atoms with Gasteiger partial charge in [0.1, 0.15) is 5.82 Å². The monoisotopic (exact) mass is 304 g/mol. The molecule has 1 unspecified atom stereocenters. The molecule has 2 aliphatic heterocycles. The molecule has 2 fully saturated rings. The minimum Gasteiger partial charge on any atom is -0.340 e. The van der Waals surface area contributed by atoms with Crippen LogP contribution in [-0.4, -0.2) is 41.4 Å². The lowest BCUT2D eigenvalue weighted by Gasteiger charge is -2.40. The van der Waals surface area contributed by atoms with E-state index in [-0.39, 0.29) is 5.82 Å². The van der Waals surface area contributed by atoms with Gasteiger partial charge in [-0.3, -0.25) is 9.69 Å². The molecule has 1 atom stereocenters. The van der Waals surface area contributed by atoms with Gasteiger partial charge in [-0.25, -0.2) is 4.39 Å². The van der Waals surface area contributed by atoms with Gasteiger partial charge in [-0.2, -0.15) is 0 Å². The maximum absolute atomic E-state index is 13.1. The van der Waals surface area contributed by atoms with E-state index in [0.29, 0.717) is 18.0 Å². The largest absolute Gasteiger partial charge is 0.340 e. The summed E-state index contributed by atoms with van der Waals surface area (Å²) in [6.07, 6.45) is 4.89. The Morgan fingerprint density at radius 3 is 2.41 bits per heavy atom. The molecule has 0 aliphatic carbocycles. The molecule has 4 heteroatoms. The van der Waals surface area contributed by atoms with Gasteiger partial charge in [0.15, 0.2) is 0 Å². The van der Waals surface area contributed by atoms with Crippen molar-refractivity contribution < 1.29 is 9.18 Å². The number of nitrogens with zero attached hydrogens (tertiary/aromatic N) is 2. The smallest absolute Gasteiger partial charge is 0.222 e. The Hall–Kier alpha value is -1.42. The van der Waals surface area contributed by atoms with E-state index in [2.05, 4.69) is 16.7 Å². The number of hydrogen-bond donors (Lipinski definition) is 0. The molecule has 0 aromatic heterocycles.